The van der Waals surface area contributed by atoms with Gasteiger partial charge >= 0.3 is 0 Å². The number of aliphatic hydroxyl groups is 1. The standard InChI is InChI=1S/C22H46N2O/c1-2-3-4-5-6-7-8-9-10-11-12-13-14-15-16-17-22-23-18-19-24(22)20-21-25/h22-23,25H,2-21H2,1H3. The minimum absolute atomic E-state index is 0.289. The number of rotatable bonds is 18. The number of β-amino-alcohol motifs (C(OH)–C–C–N with tert-alkyl or cyclic N) is 1. The normalized spacial score (nSPS) is 18.2. The molecule has 1 heterocycles. The number of hydrogen-bond donors (Lipinski definition) is 2. The molecular formula is C22H46N2O. The first kappa shape index (κ1) is 22.9. The van der Waals surface area contributed by atoms with E-state index in [4.69, 9.17) is 5.11 Å². The number of aliphatic hydroxyl groups excluding tert-OH is 1. The predicted molar refractivity (Wildman–Crippen MR) is 110 cm³/mol. The molecule has 0 aromatic heterocycles. The lowest BCUT2D eigenvalue weighted by atomic mass is 10.0. The monoisotopic (exact) mass is 354 g/mol. The van der Waals surface area contributed by atoms with E-state index in [2.05, 4.69) is 17.1 Å². The Balaban J connectivity index is 1.75. The van der Waals surface area contributed by atoms with Gasteiger partial charge in [0.1, 0.15) is 0 Å². The molecule has 1 rings (SSSR count). The lowest BCUT2D eigenvalue weighted by molar-refractivity contribution is 0.171. The Morgan fingerprint density at radius 2 is 1.24 bits per heavy atom. The summed E-state index contributed by atoms with van der Waals surface area (Å²) >= 11 is 0. The van der Waals surface area contributed by atoms with Crippen molar-refractivity contribution in [3.8, 4) is 0 Å². The SMILES string of the molecule is CCCCCCCCCCCCCCCCCC1NCCN1CCO. The summed E-state index contributed by atoms with van der Waals surface area (Å²) in [7, 11) is 0. The molecule has 3 nitrogen and oxygen atoms in total. The van der Waals surface area contributed by atoms with E-state index in [1.807, 2.05) is 0 Å². The van der Waals surface area contributed by atoms with Gasteiger partial charge in [-0.2, -0.15) is 0 Å². The molecule has 1 saturated heterocycles. The molecule has 25 heavy (non-hydrogen) atoms. The van der Waals surface area contributed by atoms with E-state index in [1.54, 1.807) is 0 Å². The molecule has 3 heteroatoms. The first-order valence-corrected chi connectivity index (χ1v) is 11.5. The minimum atomic E-state index is 0.289. The second-order valence-electron chi connectivity index (χ2n) is 7.97. The third kappa shape index (κ3) is 12.8. The van der Waals surface area contributed by atoms with E-state index in [-0.39, 0.29) is 6.61 Å². The van der Waals surface area contributed by atoms with Crippen LogP contribution < -0.4 is 5.32 Å². The highest BCUT2D eigenvalue weighted by Crippen LogP contribution is 2.15. The first-order chi connectivity index (χ1) is 12.4. The number of hydrogen-bond acceptors (Lipinski definition) is 3. The van der Waals surface area contributed by atoms with Crippen molar-refractivity contribution in [3.63, 3.8) is 0 Å². The van der Waals surface area contributed by atoms with Gasteiger partial charge in [-0.15, -0.1) is 0 Å². The molecule has 0 saturated carbocycles. The van der Waals surface area contributed by atoms with E-state index < -0.39 is 0 Å². The van der Waals surface area contributed by atoms with E-state index in [0.29, 0.717) is 6.17 Å². The molecule has 0 bridgehead atoms. The molecule has 0 aliphatic carbocycles. The maximum atomic E-state index is 9.08. The quantitative estimate of drug-likeness (QED) is 0.320. The van der Waals surface area contributed by atoms with E-state index >= 15 is 0 Å². The van der Waals surface area contributed by atoms with Crippen LogP contribution in [0.3, 0.4) is 0 Å². The van der Waals surface area contributed by atoms with Crippen molar-refractivity contribution in [1.29, 1.82) is 0 Å². The summed E-state index contributed by atoms with van der Waals surface area (Å²) in [6, 6.07) is 0. The third-order valence-electron chi connectivity index (χ3n) is 5.69. The van der Waals surface area contributed by atoms with E-state index in [0.717, 1.165) is 19.6 Å². The second kappa shape index (κ2) is 17.3. The van der Waals surface area contributed by atoms with Crippen LogP contribution in [0.4, 0.5) is 0 Å². The van der Waals surface area contributed by atoms with Gasteiger partial charge in [0.15, 0.2) is 0 Å². The zero-order chi connectivity index (χ0) is 18.0. The van der Waals surface area contributed by atoms with Gasteiger partial charge < -0.3 is 10.4 Å². The topological polar surface area (TPSA) is 35.5 Å². The molecular weight excluding hydrogens is 308 g/mol. The van der Waals surface area contributed by atoms with Gasteiger partial charge in [-0.1, -0.05) is 103 Å². The fourth-order valence-electron chi connectivity index (χ4n) is 4.05. The molecule has 2 N–H and O–H groups in total. The molecule has 1 aliphatic rings. The summed E-state index contributed by atoms with van der Waals surface area (Å²) < 4.78 is 0. The van der Waals surface area contributed by atoms with Gasteiger partial charge in [-0.25, -0.2) is 0 Å². The summed E-state index contributed by atoms with van der Waals surface area (Å²) in [5.74, 6) is 0. The zero-order valence-corrected chi connectivity index (χ0v) is 17.1. The summed E-state index contributed by atoms with van der Waals surface area (Å²) in [5, 5.41) is 12.6. The summed E-state index contributed by atoms with van der Waals surface area (Å²) in [6.07, 6.45) is 23.2. The van der Waals surface area contributed by atoms with Crippen LogP contribution in [0.1, 0.15) is 110 Å². The van der Waals surface area contributed by atoms with Crippen LogP contribution in [0.15, 0.2) is 0 Å². The highest BCUT2D eigenvalue weighted by molar-refractivity contribution is 4.77. The summed E-state index contributed by atoms with van der Waals surface area (Å²) in [4.78, 5) is 2.39. The van der Waals surface area contributed by atoms with Gasteiger partial charge in [0.2, 0.25) is 0 Å². The van der Waals surface area contributed by atoms with E-state index in [1.165, 1.54) is 103 Å². The van der Waals surface area contributed by atoms with Crippen molar-refractivity contribution in [3.05, 3.63) is 0 Å². The van der Waals surface area contributed by atoms with Gasteiger partial charge in [0.25, 0.3) is 0 Å². The van der Waals surface area contributed by atoms with Gasteiger partial charge in [0, 0.05) is 19.6 Å². The van der Waals surface area contributed by atoms with Gasteiger partial charge in [-0.05, 0) is 6.42 Å². The zero-order valence-electron chi connectivity index (χ0n) is 17.1. The molecule has 150 valence electrons. The third-order valence-corrected chi connectivity index (χ3v) is 5.69. The lowest BCUT2D eigenvalue weighted by Gasteiger charge is -2.22. The molecule has 1 aliphatic heterocycles. The van der Waals surface area contributed by atoms with Gasteiger partial charge in [0.05, 0.1) is 12.8 Å². The molecule has 0 radical (unpaired) electrons. The van der Waals surface area contributed by atoms with E-state index in [9.17, 15) is 0 Å². The minimum Gasteiger partial charge on any atom is -0.395 e. The van der Waals surface area contributed by atoms with Crippen molar-refractivity contribution in [2.75, 3.05) is 26.2 Å². The van der Waals surface area contributed by atoms with Crippen molar-refractivity contribution >= 4 is 0 Å². The first-order valence-electron chi connectivity index (χ1n) is 11.5. The Labute approximate surface area is 158 Å². The Kier molecular flexibility index (Phi) is 15.9. The predicted octanol–water partition coefficient (Wildman–Crippen LogP) is 5.47. The number of unbranched alkanes of at least 4 members (excludes halogenated alkanes) is 14. The summed E-state index contributed by atoms with van der Waals surface area (Å²) in [5.41, 5.74) is 0. The highest BCUT2D eigenvalue weighted by Gasteiger charge is 2.22. The van der Waals surface area contributed by atoms with Crippen LogP contribution in [-0.4, -0.2) is 42.4 Å². The summed E-state index contributed by atoms with van der Waals surface area (Å²) in [6.45, 7) is 5.60. The van der Waals surface area contributed by atoms with Crippen LogP contribution in [0.5, 0.6) is 0 Å². The van der Waals surface area contributed by atoms with Crippen LogP contribution >= 0.6 is 0 Å². The van der Waals surface area contributed by atoms with Gasteiger partial charge in [-0.3, -0.25) is 4.90 Å². The van der Waals surface area contributed by atoms with Crippen LogP contribution in [0.25, 0.3) is 0 Å². The molecule has 0 aromatic rings. The second-order valence-corrected chi connectivity index (χ2v) is 7.97. The fourth-order valence-corrected chi connectivity index (χ4v) is 4.05. The smallest absolute Gasteiger partial charge is 0.0598 e. The molecule has 1 fully saturated rings. The lowest BCUT2D eigenvalue weighted by Crippen LogP contribution is -2.37. The Bertz CT molecular complexity index is 273. The van der Waals surface area contributed by atoms with Crippen LogP contribution in [0, 0.1) is 0 Å². The van der Waals surface area contributed by atoms with Crippen LogP contribution in [0.2, 0.25) is 0 Å². The number of nitrogens with one attached hydrogen (secondary N) is 1. The van der Waals surface area contributed by atoms with Crippen LogP contribution in [-0.2, 0) is 0 Å². The molecule has 0 amide bonds. The largest absolute Gasteiger partial charge is 0.395 e. The van der Waals surface area contributed by atoms with Crippen molar-refractivity contribution < 1.29 is 5.11 Å². The maximum absolute atomic E-state index is 9.08. The Morgan fingerprint density at radius 1 is 0.760 bits per heavy atom. The van der Waals surface area contributed by atoms with Crippen molar-refractivity contribution in [2.24, 2.45) is 0 Å². The van der Waals surface area contributed by atoms with Crippen molar-refractivity contribution in [1.82, 2.24) is 10.2 Å². The number of nitrogens with zero attached hydrogens (tertiary/aromatic N) is 1. The fraction of sp³-hybridized carbons (Fsp3) is 1.00. The van der Waals surface area contributed by atoms with Crippen molar-refractivity contribution in [2.45, 2.75) is 116 Å². The molecule has 1 unspecified atom stereocenters. The molecule has 0 aromatic carbocycles. The molecule has 1 atom stereocenters. The average molecular weight is 355 g/mol. The maximum Gasteiger partial charge on any atom is 0.0598 e. The molecule has 0 spiro atoms. The average Bonchev–Trinajstić information content (AvgIpc) is 3.06. The highest BCUT2D eigenvalue weighted by atomic mass is 16.3. The Hall–Kier alpha value is -0.120. The Morgan fingerprint density at radius 3 is 1.72 bits per heavy atom.